The molecule has 0 spiro atoms. The number of halogens is 1. The van der Waals surface area contributed by atoms with Gasteiger partial charge in [-0.2, -0.15) is 5.10 Å². The SMILES string of the molecule is Cc1nn(C(C)C)cc1CN1C[C@H]2CNC[C@H]2C1.Cl. The van der Waals surface area contributed by atoms with Gasteiger partial charge in [0, 0.05) is 37.4 Å². The summed E-state index contributed by atoms with van der Waals surface area (Å²) in [7, 11) is 0. The van der Waals surface area contributed by atoms with Crippen molar-refractivity contribution in [2.45, 2.75) is 33.4 Å². The minimum Gasteiger partial charge on any atom is -0.316 e. The smallest absolute Gasteiger partial charge is 0.0638 e. The monoisotopic (exact) mass is 284 g/mol. The molecule has 5 heteroatoms. The first-order chi connectivity index (χ1) is 8.63. The summed E-state index contributed by atoms with van der Waals surface area (Å²) >= 11 is 0. The fourth-order valence-electron chi connectivity index (χ4n) is 3.26. The van der Waals surface area contributed by atoms with Crippen LogP contribution in [0.5, 0.6) is 0 Å². The number of hydrogen-bond donors (Lipinski definition) is 1. The van der Waals surface area contributed by atoms with E-state index in [4.69, 9.17) is 0 Å². The predicted molar refractivity (Wildman–Crippen MR) is 79.7 cm³/mol. The van der Waals surface area contributed by atoms with E-state index in [2.05, 4.69) is 47.0 Å². The summed E-state index contributed by atoms with van der Waals surface area (Å²) in [6, 6.07) is 0.458. The van der Waals surface area contributed by atoms with E-state index in [1.807, 2.05) is 0 Å². The molecule has 0 bridgehead atoms. The molecule has 2 atom stereocenters. The van der Waals surface area contributed by atoms with E-state index in [9.17, 15) is 0 Å². The molecule has 19 heavy (non-hydrogen) atoms. The van der Waals surface area contributed by atoms with Crippen LogP contribution in [0, 0.1) is 18.8 Å². The van der Waals surface area contributed by atoms with Gasteiger partial charge in [-0.25, -0.2) is 0 Å². The Kier molecular flexibility index (Phi) is 4.54. The summed E-state index contributed by atoms with van der Waals surface area (Å²) in [5.74, 6) is 1.76. The maximum atomic E-state index is 4.60. The van der Waals surface area contributed by atoms with E-state index in [1.165, 1.54) is 37.4 Å². The van der Waals surface area contributed by atoms with Gasteiger partial charge in [0.1, 0.15) is 0 Å². The maximum Gasteiger partial charge on any atom is 0.0638 e. The zero-order valence-electron chi connectivity index (χ0n) is 12.1. The van der Waals surface area contributed by atoms with E-state index in [0.29, 0.717) is 6.04 Å². The van der Waals surface area contributed by atoms with Crippen LogP contribution in [0.1, 0.15) is 31.1 Å². The molecule has 0 saturated carbocycles. The molecule has 4 nitrogen and oxygen atoms in total. The Labute approximate surface area is 122 Å². The summed E-state index contributed by atoms with van der Waals surface area (Å²) in [6.45, 7) is 12.5. The lowest BCUT2D eigenvalue weighted by Crippen LogP contribution is -2.25. The number of aromatic nitrogens is 2. The second-order valence-electron chi connectivity index (χ2n) is 6.19. The van der Waals surface area contributed by atoms with Gasteiger partial charge in [-0.05, 0) is 45.7 Å². The van der Waals surface area contributed by atoms with Crippen LogP contribution in [0.25, 0.3) is 0 Å². The average molecular weight is 285 g/mol. The zero-order chi connectivity index (χ0) is 12.7. The van der Waals surface area contributed by atoms with E-state index in [1.54, 1.807) is 0 Å². The topological polar surface area (TPSA) is 33.1 Å². The number of aryl methyl sites for hydroxylation is 1. The Morgan fingerprint density at radius 2 is 1.95 bits per heavy atom. The standard InChI is InChI=1S/C14H24N4.ClH/c1-10(2)18-9-14(11(3)16-18)8-17-6-12-4-15-5-13(12)7-17;/h9-10,12-13,15H,4-8H2,1-3H3;1H/t12-,13+;. The second-order valence-corrected chi connectivity index (χ2v) is 6.19. The molecular formula is C14H25ClN4. The van der Waals surface area contributed by atoms with Crippen molar-refractivity contribution in [3.8, 4) is 0 Å². The van der Waals surface area contributed by atoms with Gasteiger partial charge in [-0.3, -0.25) is 9.58 Å². The number of nitrogens with zero attached hydrogens (tertiary/aromatic N) is 3. The van der Waals surface area contributed by atoms with Crippen molar-refractivity contribution in [3.63, 3.8) is 0 Å². The molecule has 0 amide bonds. The minimum atomic E-state index is 0. The van der Waals surface area contributed by atoms with Crippen molar-refractivity contribution < 1.29 is 0 Å². The number of fused-ring (bicyclic) bond motifs is 1. The van der Waals surface area contributed by atoms with Crippen LogP contribution < -0.4 is 5.32 Å². The quantitative estimate of drug-likeness (QED) is 0.920. The molecule has 2 fully saturated rings. The molecule has 108 valence electrons. The molecule has 1 N–H and O–H groups in total. The highest BCUT2D eigenvalue weighted by molar-refractivity contribution is 5.85. The summed E-state index contributed by atoms with van der Waals surface area (Å²) in [5, 5.41) is 8.10. The molecule has 2 aliphatic rings. The van der Waals surface area contributed by atoms with E-state index in [0.717, 1.165) is 18.4 Å². The Morgan fingerprint density at radius 3 is 2.47 bits per heavy atom. The summed E-state index contributed by atoms with van der Waals surface area (Å²) in [5.41, 5.74) is 2.59. The number of hydrogen-bond acceptors (Lipinski definition) is 3. The fraction of sp³-hybridized carbons (Fsp3) is 0.786. The summed E-state index contributed by atoms with van der Waals surface area (Å²) in [6.07, 6.45) is 2.23. The van der Waals surface area contributed by atoms with Gasteiger partial charge in [0.2, 0.25) is 0 Å². The molecule has 2 aliphatic heterocycles. The van der Waals surface area contributed by atoms with Crippen LogP contribution in [0.2, 0.25) is 0 Å². The summed E-state index contributed by atoms with van der Waals surface area (Å²) < 4.78 is 2.09. The molecule has 3 heterocycles. The first kappa shape index (κ1) is 14.8. The van der Waals surface area contributed by atoms with Crippen LogP contribution in [-0.4, -0.2) is 40.9 Å². The second kappa shape index (κ2) is 5.81. The predicted octanol–water partition coefficient (Wildman–Crippen LogP) is 1.85. The molecule has 0 aliphatic carbocycles. The van der Waals surface area contributed by atoms with Crippen LogP contribution >= 0.6 is 12.4 Å². The van der Waals surface area contributed by atoms with Crippen LogP contribution in [0.15, 0.2) is 6.20 Å². The van der Waals surface area contributed by atoms with Crippen LogP contribution in [0.3, 0.4) is 0 Å². The number of nitrogens with one attached hydrogen (secondary N) is 1. The van der Waals surface area contributed by atoms with Gasteiger partial charge in [0.15, 0.2) is 0 Å². The third kappa shape index (κ3) is 2.96. The highest BCUT2D eigenvalue weighted by Crippen LogP contribution is 2.27. The average Bonchev–Trinajstić information content (AvgIpc) is 2.94. The maximum absolute atomic E-state index is 4.60. The first-order valence-electron chi connectivity index (χ1n) is 7.11. The third-order valence-electron chi connectivity index (χ3n) is 4.41. The molecule has 3 rings (SSSR count). The highest BCUT2D eigenvalue weighted by Gasteiger charge is 2.36. The molecule has 1 aromatic rings. The molecule has 0 aromatic carbocycles. The Bertz CT molecular complexity index is 417. The van der Waals surface area contributed by atoms with Gasteiger partial charge in [0.05, 0.1) is 5.69 Å². The van der Waals surface area contributed by atoms with Gasteiger partial charge < -0.3 is 5.32 Å². The van der Waals surface area contributed by atoms with Crippen molar-refractivity contribution in [2.24, 2.45) is 11.8 Å². The van der Waals surface area contributed by atoms with Gasteiger partial charge in [-0.1, -0.05) is 0 Å². The number of likely N-dealkylation sites (tertiary alicyclic amines) is 1. The Hall–Kier alpha value is -0.580. The van der Waals surface area contributed by atoms with Crippen molar-refractivity contribution in [2.75, 3.05) is 26.2 Å². The van der Waals surface area contributed by atoms with Crippen molar-refractivity contribution in [1.29, 1.82) is 0 Å². The highest BCUT2D eigenvalue weighted by atomic mass is 35.5. The van der Waals surface area contributed by atoms with Gasteiger partial charge in [0.25, 0.3) is 0 Å². The Balaban J connectivity index is 0.00000133. The van der Waals surface area contributed by atoms with Crippen molar-refractivity contribution in [1.82, 2.24) is 20.0 Å². The molecular weight excluding hydrogens is 260 g/mol. The Morgan fingerprint density at radius 1 is 1.32 bits per heavy atom. The van der Waals surface area contributed by atoms with Crippen LogP contribution in [-0.2, 0) is 6.54 Å². The molecule has 0 unspecified atom stereocenters. The van der Waals surface area contributed by atoms with Gasteiger partial charge >= 0.3 is 0 Å². The molecule has 2 saturated heterocycles. The molecule has 0 radical (unpaired) electrons. The zero-order valence-corrected chi connectivity index (χ0v) is 12.9. The lowest BCUT2D eigenvalue weighted by atomic mass is 10.0. The number of rotatable bonds is 3. The lowest BCUT2D eigenvalue weighted by molar-refractivity contribution is 0.305. The lowest BCUT2D eigenvalue weighted by Gasteiger charge is -2.16. The van der Waals surface area contributed by atoms with Crippen molar-refractivity contribution >= 4 is 12.4 Å². The normalized spacial score (nSPS) is 26.7. The van der Waals surface area contributed by atoms with E-state index in [-0.39, 0.29) is 12.4 Å². The fourth-order valence-corrected chi connectivity index (χ4v) is 3.26. The molecule has 1 aromatic heterocycles. The van der Waals surface area contributed by atoms with E-state index >= 15 is 0 Å². The summed E-state index contributed by atoms with van der Waals surface area (Å²) in [4.78, 5) is 2.60. The minimum absolute atomic E-state index is 0. The van der Waals surface area contributed by atoms with Crippen molar-refractivity contribution in [3.05, 3.63) is 17.5 Å². The van der Waals surface area contributed by atoms with E-state index < -0.39 is 0 Å². The van der Waals surface area contributed by atoms with Gasteiger partial charge in [-0.15, -0.1) is 12.4 Å². The van der Waals surface area contributed by atoms with Crippen LogP contribution in [0.4, 0.5) is 0 Å². The largest absolute Gasteiger partial charge is 0.316 e. The third-order valence-corrected chi connectivity index (χ3v) is 4.41. The first-order valence-corrected chi connectivity index (χ1v) is 7.11.